The molecule has 1 N–H and O–H groups in total. The Morgan fingerprint density at radius 1 is 1.47 bits per heavy atom. The molecule has 6 heteroatoms. The summed E-state index contributed by atoms with van der Waals surface area (Å²) in [5.41, 5.74) is 0.843. The second-order valence-electron chi connectivity index (χ2n) is 3.77. The van der Waals surface area contributed by atoms with Gasteiger partial charge in [0.25, 0.3) is 0 Å². The lowest BCUT2D eigenvalue weighted by Gasteiger charge is -2.30. The molecule has 0 fully saturated rings. The van der Waals surface area contributed by atoms with E-state index in [4.69, 9.17) is 4.74 Å². The summed E-state index contributed by atoms with van der Waals surface area (Å²) < 4.78 is 31.2. The molecule has 1 aliphatic heterocycles. The highest BCUT2D eigenvalue weighted by molar-refractivity contribution is 7.89. The summed E-state index contributed by atoms with van der Waals surface area (Å²) in [5.74, 6) is 0.744. The van der Waals surface area contributed by atoms with Crippen LogP contribution in [0.2, 0.25) is 0 Å². The number of hydrogen-bond acceptors (Lipinski definition) is 4. The molecular formula is C11H16N2O3S. The third-order valence-electron chi connectivity index (χ3n) is 2.85. The van der Waals surface area contributed by atoms with Crippen molar-refractivity contribution in [3.8, 4) is 5.75 Å². The summed E-state index contributed by atoms with van der Waals surface area (Å²) in [5, 5.41) is 0. The molecule has 0 bridgehead atoms. The first kappa shape index (κ1) is 12.2. The molecule has 0 unspecified atom stereocenters. The Morgan fingerprint density at radius 2 is 2.24 bits per heavy atom. The average molecular weight is 256 g/mol. The summed E-state index contributed by atoms with van der Waals surface area (Å²) in [6.45, 7) is 4.29. The fraction of sp³-hybridized carbons (Fsp3) is 0.455. The average Bonchev–Trinajstić information content (AvgIpc) is 2.37. The van der Waals surface area contributed by atoms with Crippen LogP contribution in [0.5, 0.6) is 5.75 Å². The Balaban J connectivity index is 2.48. The lowest BCUT2D eigenvalue weighted by molar-refractivity contribution is 0.308. The molecule has 1 aromatic carbocycles. The first-order valence-electron chi connectivity index (χ1n) is 5.54. The Labute approximate surface area is 101 Å². The molecule has 0 atom stereocenters. The zero-order chi connectivity index (χ0) is 12.5. The molecule has 0 amide bonds. The monoisotopic (exact) mass is 256 g/mol. The highest BCUT2D eigenvalue weighted by atomic mass is 32.2. The van der Waals surface area contributed by atoms with E-state index in [0.29, 0.717) is 6.61 Å². The summed E-state index contributed by atoms with van der Waals surface area (Å²) in [7, 11) is -1.99. The number of hydrogen-bond donors (Lipinski definition) is 1. The van der Waals surface area contributed by atoms with Gasteiger partial charge in [-0.25, -0.2) is 13.1 Å². The van der Waals surface area contributed by atoms with Gasteiger partial charge in [-0.2, -0.15) is 0 Å². The van der Waals surface area contributed by atoms with Gasteiger partial charge in [-0.05, 0) is 32.2 Å². The lowest BCUT2D eigenvalue weighted by atomic mass is 10.2. The SMILES string of the molecule is CCN1CCOc2ccc(S(=O)(=O)NC)cc21. The van der Waals surface area contributed by atoms with E-state index in [9.17, 15) is 8.42 Å². The number of likely N-dealkylation sites (N-methyl/N-ethyl adjacent to an activating group) is 1. The number of sulfonamides is 1. The van der Waals surface area contributed by atoms with E-state index in [1.807, 2.05) is 6.92 Å². The van der Waals surface area contributed by atoms with Crippen molar-refractivity contribution in [1.82, 2.24) is 4.72 Å². The number of nitrogens with one attached hydrogen (secondary N) is 1. The van der Waals surface area contributed by atoms with Crippen LogP contribution >= 0.6 is 0 Å². The zero-order valence-electron chi connectivity index (χ0n) is 9.93. The van der Waals surface area contributed by atoms with Crippen LogP contribution in [0.3, 0.4) is 0 Å². The number of rotatable bonds is 3. The van der Waals surface area contributed by atoms with Crippen LogP contribution in [0.4, 0.5) is 5.69 Å². The van der Waals surface area contributed by atoms with E-state index >= 15 is 0 Å². The number of benzene rings is 1. The van der Waals surface area contributed by atoms with Gasteiger partial charge in [0.05, 0.1) is 17.1 Å². The van der Waals surface area contributed by atoms with E-state index in [1.54, 1.807) is 18.2 Å². The molecule has 0 saturated heterocycles. The van der Waals surface area contributed by atoms with Crippen LogP contribution in [-0.2, 0) is 10.0 Å². The van der Waals surface area contributed by atoms with Gasteiger partial charge in [0.1, 0.15) is 12.4 Å². The molecule has 1 aromatic rings. The van der Waals surface area contributed by atoms with Crippen molar-refractivity contribution in [2.24, 2.45) is 0 Å². The van der Waals surface area contributed by atoms with Crippen LogP contribution in [-0.4, -0.2) is 35.2 Å². The minimum atomic E-state index is -3.40. The normalized spacial score (nSPS) is 15.3. The minimum absolute atomic E-state index is 0.266. The van der Waals surface area contributed by atoms with Crippen molar-refractivity contribution in [3.05, 3.63) is 18.2 Å². The topological polar surface area (TPSA) is 58.6 Å². The third kappa shape index (κ3) is 2.23. The predicted molar refractivity (Wildman–Crippen MR) is 66.1 cm³/mol. The first-order chi connectivity index (χ1) is 8.08. The van der Waals surface area contributed by atoms with Crippen molar-refractivity contribution in [2.45, 2.75) is 11.8 Å². The maximum Gasteiger partial charge on any atom is 0.240 e. The maximum absolute atomic E-state index is 11.7. The molecule has 0 spiro atoms. The number of nitrogens with zero attached hydrogens (tertiary/aromatic N) is 1. The van der Waals surface area contributed by atoms with Gasteiger partial charge >= 0.3 is 0 Å². The molecule has 2 rings (SSSR count). The lowest BCUT2D eigenvalue weighted by Crippen LogP contribution is -2.32. The fourth-order valence-corrected chi connectivity index (χ4v) is 2.62. The molecule has 1 heterocycles. The van der Waals surface area contributed by atoms with Gasteiger partial charge in [-0.15, -0.1) is 0 Å². The van der Waals surface area contributed by atoms with Gasteiger partial charge in [-0.3, -0.25) is 0 Å². The Hall–Kier alpha value is -1.27. The predicted octanol–water partition coefficient (Wildman–Crippen LogP) is 0.813. The molecule has 0 aliphatic carbocycles. The number of fused-ring (bicyclic) bond motifs is 1. The second-order valence-corrected chi connectivity index (χ2v) is 5.65. The summed E-state index contributed by atoms with van der Waals surface area (Å²) >= 11 is 0. The number of anilines is 1. The Bertz CT molecular complexity index is 513. The van der Waals surface area contributed by atoms with E-state index < -0.39 is 10.0 Å². The Morgan fingerprint density at radius 3 is 2.88 bits per heavy atom. The summed E-state index contributed by atoms with van der Waals surface area (Å²) in [6, 6.07) is 4.93. The molecule has 1 aliphatic rings. The maximum atomic E-state index is 11.7. The van der Waals surface area contributed by atoms with Crippen molar-refractivity contribution in [3.63, 3.8) is 0 Å². The zero-order valence-corrected chi connectivity index (χ0v) is 10.8. The van der Waals surface area contributed by atoms with Crippen LogP contribution in [0.15, 0.2) is 23.1 Å². The van der Waals surface area contributed by atoms with Gasteiger partial charge < -0.3 is 9.64 Å². The second kappa shape index (κ2) is 4.54. The standard InChI is InChI=1S/C11H16N2O3S/c1-3-13-6-7-16-11-5-4-9(8-10(11)13)17(14,15)12-2/h4-5,8,12H,3,6-7H2,1-2H3. The highest BCUT2D eigenvalue weighted by Gasteiger charge is 2.20. The highest BCUT2D eigenvalue weighted by Crippen LogP contribution is 2.33. The van der Waals surface area contributed by atoms with Crippen molar-refractivity contribution < 1.29 is 13.2 Å². The summed E-state index contributed by atoms with van der Waals surface area (Å²) in [6.07, 6.45) is 0. The van der Waals surface area contributed by atoms with Gasteiger partial charge in [0.2, 0.25) is 10.0 Å². The molecule has 0 aromatic heterocycles. The molecular weight excluding hydrogens is 240 g/mol. The molecule has 94 valence electrons. The third-order valence-corrected chi connectivity index (χ3v) is 4.26. The van der Waals surface area contributed by atoms with Crippen LogP contribution < -0.4 is 14.4 Å². The smallest absolute Gasteiger partial charge is 0.240 e. The van der Waals surface area contributed by atoms with E-state index in [2.05, 4.69) is 9.62 Å². The first-order valence-corrected chi connectivity index (χ1v) is 7.02. The largest absolute Gasteiger partial charge is 0.490 e. The van der Waals surface area contributed by atoms with Crippen molar-refractivity contribution >= 4 is 15.7 Å². The van der Waals surface area contributed by atoms with Crippen LogP contribution in [0, 0.1) is 0 Å². The molecule has 0 saturated carbocycles. The van der Waals surface area contributed by atoms with E-state index in [-0.39, 0.29) is 4.90 Å². The van der Waals surface area contributed by atoms with Crippen molar-refractivity contribution in [1.29, 1.82) is 0 Å². The van der Waals surface area contributed by atoms with Gasteiger partial charge in [-0.1, -0.05) is 0 Å². The van der Waals surface area contributed by atoms with Crippen molar-refractivity contribution in [2.75, 3.05) is 31.6 Å². The Kier molecular flexibility index (Phi) is 3.26. The molecule has 5 nitrogen and oxygen atoms in total. The fourth-order valence-electron chi connectivity index (χ4n) is 1.87. The molecule has 0 radical (unpaired) electrons. The number of ether oxygens (including phenoxy) is 1. The van der Waals surface area contributed by atoms with Gasteiger partial charge in [0.15, 0.2) is 0 Å². The quantitative estimate of drug-likeness (QED) is 0.869. The molecule has 17 heavy (non-hydrogen) atoms. The summed E-state index contributed by atoms with van der Waals surface area (Å²) in [4.78, 5) is 2.37. The van der Waals surface area contributed by atoms with Crippen LogP contribution in [0.25, 0.3) is 0 Å². The van der Waals surface area contributed by atoms with E-state index in [0.717, 1.165) is 24.5 Å². The van der Waals surface area contributed by atoms with E-state index in [1.165, 1.54) is 7.05 Å². The van der Waals surface area contributed by atoms with Crippen LogP contribution in [0.1, 0.15) is 6.92 Å². The van der Waals surface area contributed by atoms with Gasteiger partial charge in [0, 0.05) is 6.54 Å². The minimum Gasteiger partial charge on any atom is -0.490 e.